The third-order valence-electron chi connectivity index (χ3n) is 2.82. The Morgan fingerprint density at radius 2 is 2.07 bits per heavy atom. The highest BCUT2D eigenvalue weighted by molar-refractivity contribution is 9.10. The van der Waals surface area contributed by atoms with Crippen LogP contribution in [-0.4, -0.2) is 18.0 Å². The number of hydrogen-bond donors (Lipinski definition) is 1. The van der Waals surface area contributed by atoms with Gasteiger partial charge >= 0.3 is 0 Å². The minimum Gasteiger partial charge on any atom is -0.326 e. The lowest BCUT2D eigenvalue weighted by molar-refractivity contribution is 0.222. The van der Waals surface area contributed by atoms with Gasteiger partial charge in [0.15, 0.2) is 0 Å². The highest BCUT2D eigenvalue weighted by Crippen LogP contribution is 2.28. The largest absolute Gasteiger partial charge is 0.326 e. The monoisotopic (exact) mass is 288 g/mol. The Kier molecular flexibility index (Phi) is 4.20. The minimum atomic E-state index is 0.644. The molecule has 84 valence electrons. The summed E-state index contributed by atoms with van der Waals surface area (Å²) < 4.78 is 1.18. The highest BCUT2D eigenvalue weighted by atomic mass is 79.9. The number of hydrogen-bond acceptors (Lipinski definition) is 3. The molecule has 0 radical (unpaired) electrons. The number of nitrogens with zero attached hydrogens (tertiary/aromatic N) is 1. The maximum absolute atomic E-state index is 5.66. The molecule has 1 aliphatic heterocycles. The van der Waals surface area contributed by atoms with E-state index in [1.807, 2.05) is 11.3 Å². The normalized spacial score (nSPS) is 18.3. The maximum Gasteiger partial charge on any atom is 0.0330 e. The zero-order valence-electron chi connectivity index (χ0n) is 8.84. The summed E-state index contributed by atoms with van der Waals surface area (Å²) in [5.41, 5.74) is 5.66. The van der Waals surface area contributed by atoms with Crippen LogP contribution in [0.3, 0.4) is 0 Å². The average molecular weight is 289 g/mol. The maximum atomic E-state index is 5.66. The summed E-state index contributed by atoms with van der Waals surface area (Å²) in [6.45, 7) is 4.26. The summed E-state index contributed by atoms with van der Waals surface area (Å²) in [6, 6.07) is 2.22. The van der Waals surface area contributed by atoms with Gasteiger partial charge in [0.05, 0.1) is 0 Å². The molecule has 2 rings (SSSR count). The van der Waals surface area contributed by atoms with Crippen molar-refractivity contribution in [2.45, 2.75) is 32.4 Å². The smallest absolute Gasteiger partial charge is 0.0330 e. The molecular weight excluding hydrogens is 272 g/mol. The molecule has 4 heteroatoms. The molecule has 2 nitrogen and oxygen atoms in total. The molecule has 2 N–H and O–H groups in total. The Labute approximate surface area is 104 Å². The Morgan fingerprint density at radius 1 is 1.33 bits per heavy atom. The summed E-state index contributed by atoms with van der Waals surface area (Å²) in [6.07, 6.45) is 4.12. The van der Waals surface area contributed by atoms with Crippen LogP contribution in [0.4, 0.5) is 0 Å². The number of piperidine rings is 1. The molecule has 0 aliphatic carbocycles. The van der Waals surface area contributed by atoms with Crippen LogP contribution in [-0.2, 0) is 13.1 Å². The van der Waals surface area contributed by atoms with E-state index in [4.69, 9.17) is 5.73 Å². The van der Waals surface area contributed by atoms with Crippen LogP contribution in [0.2, 0.25) is 0 Å². The topological polar surface area (TPSA) is 29.3 Å². The van der Waals surface area contributed by atoms with Crippen LogP contribution in [0.15, 0.2) is 10.5 Å². The van der Waals surface area contributed by atoms with Crippen LogP contribution in [0, 0.1) is 0 Å². The van der Waals surface area contributed by atoms with E-state index in [0.29, 0.717) is 6.54 Å². The van der Waals surface area contributed by atoms with Gasteiger partial charge in [-0.05, 0) is 47.9 Å². The summed E-state index contributed by atoms with van der Waals surface area (Å²) in [5, 5.41) is 0. The third kappa shape index (κ3) is 3.03. The first kappa shape index (κ1) is 11.6. The third-order valence-corrected chi connectivity index (χ3v) is 4.93. The molecule has 0 saturated carbocycles. The molecule has 2 heterocycles. The lowest BCUT2D eigenvalue weighted by atomic mass is 10.1. The molecule has 1 aliphatic rings. The Bertz CT molecular complexity index is 318. The minimum absolute atomic E-state index is 0.644. The van der Waals surface area contributed by atoms with Gasteiger partial charge in [-0.1, -0.05) is 6.42 Å². The number of rotatable bonds is 3. The molecule has 1 aromatic rings. The van der Waals surface area contributed by atoms with Crippen LogP contribution < -0.4 is 5.73 Å². The van der Waals surface area contributed by atoms with E-state index in [2.05, 4.69) is 26.9 Å². The molecule has 0 unspecified atom stereocenters. The average Bonchev–Trinajstić information content (AvgIpc) is 2.60. The van der Waals surface area contributed by atoms with Crippen molar-refractivity contribution in [1.82, 2.24) is 4.90 Å². The Hall–Kier alpha value is 0.100. The van der Waals surface area contributed by atoms with E-state index >= 15 is 0 Å². The second-order valence-electron chi connectivity index (χ2n) is 4.02. The lowest BCUT2D eigenvalue weighted by Gasteiger charge is -2.25. The van der Waals surface area contributed by atoms with Crippen molar-refractivity contribution >= 4 is 27.3 Å². The molecular formula is C11H17BrN2S. The predicted molar refractivity (Wildman–Crippen MR) is 69.0 cm³/mol. The Balaban J connectivity index is 1.97. The van der Waals surface area contributed by atoms with Gasteiger partial charge in [-0.2, -0.15) is 0 Å². The summed E-state index contributed by atoms with van der Waals surface area (Å²) in [4.78, 5) is 5.24. The molecule has 0 spiro atoms. The summed E-state index contributed by atoms with van der Waals surface area (Å²) >= 11 is 5.39. The molecule has 1 saturated heterocycles. The fraction of sp³-hybridized carbons (Fsp3) is 0.636. The standard InChI is InChI=1S/C11H17BrN2S/c12-10-6-9(15-11(10)7-13)8-14-4-2-1-3-5-14/h6H,1-5,7-8,13H2. The molecule has 0 amide bonds. The van der Waals surface area contributed by atoms with Crippen molar-refractivity contribution in [1.29, 1.82) is 0 Å². The molecule has 0 aromatic carbocycles. The van der Waals surface area contributed by atoms with Gasteiger partial charge in [0, 0.05) is 27.3 Å². The van der Waals surface area contributed by atoms with Gasteiger partial charge in [-0.15, -0.1) is 11.3 Å². The molecule has 1 fully saturated rings. The first-order valence-electron chi connectivity index (χ1n) is 5.49. The van der Waals surface area contributed by atoms with E-state index in [0.717, 1.165) is 6.54 Å². The fourth-order valence-electron chi connectivity index (χ4n) is 2.01. The van der Waals surface area contributed by atoms with E-state index < -0.39 is 0 Å². The van der Waals surface area contributed by atoms with E-state index in [9.17, 15) is 0 Å². The summed E-state index contributed by atoms with van der Waals surface area (Å²) in [5.74, 6) is 0. The molecule has 1 aromatic heterocycles. The zero-order chi connectivity index (χ0) is 10.7. The molecule has 0 atom stereocenters. The Morgan fingerprint density at radius 3 is 2.67 bits per heavy atom. The molecule has 15 heavy (non-hydrogen) atoms. The van der Waals surface area contributed by atoms with E-state index in [1.54, 1.807) is 0 Å². The second-order valence-corrected chi connectivity index (χ2v) is 6.10. The van der Waals surface area contributed by atoms with Crippen LogP contribution in [0.25, 0.3) is 0 Å². The van der Waals surface area contributed by atoms with Gasteiger partial charge < -0.3 is 5.73 Å². The van der Waals surface area contributed by atoms with Crippen LogP contribution in [0.1, 0.15) is 29.0 Å². The SMILES string of the molecule is NCc1sc(CN2CCCCC2)cc1Br. The highest BCUT2D eigenvalue weighted by Gasteiger charge is 2.12. The van der Waals surface area contributed by atoms with E-state index in [-0.39, 0.29) is 0 Å². The van der Waals surface area contributed by atoms with Crippen LogP contribution in [0.5, 0.6) is 0 Å². The first-order chi connectivity index (χ1) is 7.29. The van der Waals surface area contributed by atoms with E-state index in [1.165, 1.54) is 46.6 Å². The second kappa shape index (κ2) is 5.43. The van der Waals surface area contributed by atoms with Gasteiger partial charge in [0.2, 0.25) is 0 Å². The predicted octanol–water partition coefficient (Wildman–Crippen LogP) is 2.96. The fourth-order valence-corrected chi connectivity index (χ4v) is 3.83. The number of halogens is 1. The van der Waals surface area contributed by atoms with Gasteiger partial charge in [0.1, 0.15) is 0 Å². The van der Waals surface area contributed by atoms with Crippen molar-refractivity contribution < 1.29 is 0 Å². The van der Waals surface area contributed by atoms with Crippen molar-refractivity contribution in [3.8, 4) is 0 Å². The van der Waals surface area contributed by atoms with Crippen molar-refractivity contribution in [2.75, 3.05) is 13.1 Å². The molecule has 0 bridgehead atoms. The summed E-state index contributed by atoms with van der Waals surface area (Å²) in [7, 11) is 0. The van der Waals surface area contributed by atoms with Crippen LogP contribution >= 0.6 is 27.3 Å². The number of nitrogens with two attached hydrogens (primary N) is 1. The van der Waals surface area contributed by atoms with Crippen molar-refractivity contribution in [3.63, 3.8) is 0 Å². The zero-order valence-corrected chi connectivity index (χ0v) is 11.2. The van der Waals surface area contributed by atoms with Gasteiger partial charge in [-0.3, -0.25) is 4.90 Å². The van der Waals surface area contributed by atoms with Gasteiger partial charge in [0.25, 0.3) is 0 Å². The lowest BCUT2D eigenvalue weighted by Crippen LogP contribution is -2.28. The quantitative estimate of drug-likeness (QED) is 0.927. The first-order valence-corrected chi connectivity index (χ1v) is 7.10. The number of likely N-dealkylation sites (tertiary alicyclic amines) is 1. The number of thiophene rings is 1. The van der Waals surface area contributed by atoms with Gasteiger partial charge in [-0.25, -0.2) is 0 Å². The van der Waals surface area contributed by atoms with Crippen molar-refractivity contribution in [2.24, 2.45) is 5.73 Å². The van der Waals surface area contributed by atoms with Crippen molar-refractivity contribution in [3.05, 3.63) is 20.3 Å².